The molecule has 0 bridgehead atoms. The van der Waals surface area contributed by atoms with Crippen LogP contribution in [0.1, 0.15) is 30.6 Å². The first-order valence-electron chi connectivity index (χ1n) is 17.7. The maximum atomic E-state index is 6.64. The molecular weight excluding hydrogens is 609 g/mol. The lowest BCUT2D eigenvalue weighted by Gasteiger charge is -2.19. The summed E-state index contributed by atoms with van der Waals surface area (Å²) in [6, 6.07) is 44.2. The van der Waals surface area contributed by atoms with Crippen LogP contribution in [0.15, 0.2) is 136 Å². The summed E-state index contributed by atoms with van der Waals surface area (Å²) < 4.78 is 13.0. The molecule has 0 saturated carbocycles. The van der Waals surface area contributed by atoms with Gasteiger partial charge in [0.15, 0.2) is 0 Å². The Morgan fingerprint density at radius 3 is 1.94 bits per heavy atom. The average molecular weight is 641 g/mol. The van der Waals surface area contributed by atoms with E-state index < -0.39 is 0 Å². The molecule has 2 heterocycles. The number of hydrogen-bond donors (Lipinski definition) is 0. The summed E-state index contributed by atoms with van der Waals surface area (Å²) in [6.45, 7) is 0. The fourth-order valence-corrected chi connectivity index (χ4v) is 8.82. The van der Waals surface area contributed by atoms with Gasteiger partial charge < -0.3 is 8.83 Å². The molecule has 0 N–H and O–H groups in total. The molecule has 0 unspecified atom stereocenters. The number of benzene rings is 7. The molecule has 0 atom stereocenters. The Labute approximate surface area is 288 Å². The molecule has 9 aromatic rings. The molecule has 236 valence electrons. The molecule has 7 aromatic carbocycles. The van der Waals surface area contributed by atoms with Gasteiger partial charge in [0.05, 0.1) is 0 Å². The van der Waals surface area contributed by atoms with Crippen LogP contribution in [-0.4, -0.2) is 0 Å². The van der Waals surface area contributed by atoms with Crippen molar-refractivity contribution in [2.45, 2.75) is 25.7 Å². The first-order chi connectivity index (χ1) is 24.8. The topological polar surface area (TPSA) is 26.3 Å². The number of aryl methyl sites for hydroxylation is 1. The minimum atomic E-state index is 0.903. The third-order valence-electron chi connectivity index (χ3n) is 10.9. The summed E-state index contributed by atoms with van der Waals surface area (Å²) in [5.41, 5.74) is 11.5. The lowest BCUT2D eigenvalue weighted by atomic mass is 9.84. The Morgan fingerprint density at radius 1 is 0.440 bits per heavy atom. The van der Waals surface area contributed by atoms with Crippen LogP contribution < -0.4 is 10.4 Å². The van der Waals surface area contributed by atoms with Crippen LogP contribution in [0.4, 0.5) is 0 Å². The molecule has 2 nitrogen and oxygen atoms in total. The minimum absolute atomic E-state index is 0.903. The van der Waals surface area contributed by atoms with Crippen molar-refractivity contribution in [3.05, 3.63) is 149 Å². The molecular formula is C48H32O2. The van der Waals surface area contributed by atoms with E-state index in [-0.39, 0.29) is 0 Å². The summed E-state index contributed by atoms with van der Waals surface area (Å²) in [5.74, 6) is 1.08. The summed E-state index contributed by atoms with van der Waals surface area (Å²) in [6.07, 6.45) is 13.4. The maximum absolute atomic E-state index is 6.64. The van der Waals surface area contributed by atoms with Crippen molar-refractivity contribution in [1.82, 2.24) is 0 Å². The van der Waals surface area contributed by atoms with Crippen molar-refractivity contribution in [2.75, 3.05) is 0 Å². The van der Waals surface area contributed by atoms with Gasteiger partial charge in [0, 0.05) is 28.1 Å². The van der Waals surface area contributed by atoms with Crippen molar-refractivity contribution in [1.29, 1.82) is 0 Å². The molecule has 2 aliphatic rings. The van der Waals surface area contributed by atoms with Crippen molar-refractivity contribution in [2.24, 2.45) is 0 Å². The average Bonchev–Trinajstić information content (AvgIpc) is 3.74. The minimum Gasteiger partial charge on any atom is -0.460 e. The summed E-state index contributed by atoms with van der Waals surface area (Å²) in [4.78, 5) is 0. The van der Waals surface area contributed by atoms with E-state index in [1.54, 1.807) is 0 Å². The van der Waals surface area contributed by atoms with Gasteiger partial charge >= 0.3 is 0 Å². The molecule has 2 aliphatic carbocycles. The molecule has 2 heteroatoms. The van der Waals surface area contributed by atoms with E-state index in [9.17, 15) is 0 Å². The van der Waals surface area contributed by atoms with Crippen molar-refractivity contribution >= 4 is 72.7 Å². The van der Waals surface area contributed by atoms with E-state index >= 15 is 0 Å². The van der Waals surface area contributed by atoms with Crippen molar-refractivity contribution < 1.29 is 8.83 Å². The Morgan fingerprint density at radius 2 is 1.12 bits per heavy atom. The van der Waals surface area contributed by atoms with Gasteiger partial charge in [-0.3, -0.25) is 0 Å². The zero-order valence-electron chi connectivity index (χ0n) is 27.5. The van der Waals surface area contributed by atoms with Crippen LogP contribution in [0.2, 0.25) is 0 Å². The normalized spacial score (nSPS) is 13.9. The number of rotatable bonds is 3. The Bertz CT molecular complexity index is 3020. The van der Waals surface area contributed by atoms with Gasteiger partial charge in [0.1, 0.15) is 22.5 Å². The van der Waals surface area contributed by atoms with Crippen molar-refractivity contribution in [3.63, 3.8) is 0 Å². The second-order valence-corrected chi connectivity index (χ2v) is 13.7. The predicted octanol–water partition coefficient (Wildman–Crippen LogP) is 12.0. The fourth-order valence-electron chi connectivity index (χ4n) is 8.82. The highest BCUT2D eigenvalue weighted by atomic mass is 16.3. The van der Waals surface area contributed by atoms with Gasteiger partial charge in [0.2, 0.25) is 0 Å². The zero-order chi connectivity index (χ0) is 32.8. The number of hydrogen-bond acceptors (Lipinski definition) is 2. The summed E-state index contributed by atoms with van der Waals surface area (Å²) in [7, 11) is 0. The van der Waals surface area contributed by atoms with E-state index in [4.69, 9.17) is 8.83 Å². The van der Waals surface area contributed by atoms with Gasteiger partial charge in [0.25, 0.3) is 0 Å². The Balaban J connectivity index is 1.18. The van der Waals surface area contributed by atoms with Crippen LogP contribution in [-0.2, 0) is 6.42 Å². The van der Waals surface area contributed by atoms with E-state index in [0.717, 1.165) is 59.0 Å². The number of allylic oxidation sites excluding steroid dienone is 1. The Hall–Kier alpha value is -6.12. The van der Waals surface area contributed by atoms with Crippen LogP contribution in [0, 0.1) is 0 Å². The first-order valence-corrected chi connectivity index (χ1v) is 17.7. The number of furan rings is 2. The highest BCUT2D eigenvalue weighted by Crippen LogP contribution is 2.43. The maximum Gasteiger partial charge on any atom is 0.136 e. The van der Waals surface area contributed by atoms with Gasteiger partial charge in [-0.1, -0.05) is 121 Å². The highest BCUT2D eigenvalue weighted by molar-refractivity contribution is 6.21. The lowest BCUT2D eigenvalue weighted by Crippen LogP contribution is -2.31. The molecule has 0 amide bonds. The summed E-state index contributed by atoms with van der Waals surface area (Å²) in [5, 5.41) is 11.2. The largest absolute Gasteiger partial charge is 0.460 e. The molecule has 0 saturated heterocycles. The van der Waals surface area contributed by atoms with E-state index in [2.05, 4.69) is 146 Å². The first kappa shape index (κ1) is 27.8. The standard InChI is InChI=1S/C48H32O2/c1-2-12-29(13-3-1)31-19-10-21-33-32(31)20-11-22-34(33)46-37-16-6-4-14-35(37)45(36-15-5-7-17-38(36)46)30-24-25-40-44(28-30)50-43-27-26-42-47(48(40)43)39-18-8-9-23-41(39)49-42/h1-4,6,8,10-22,24-28H,5,7,9,23H2. The van der Waals surface area contributed by atoms with E-state index in [1.807, 2.05) is 0 Å². The smallest absolute Gasteiger partial charge is 0.136 e. The Kier molecular flexibility index (Phi) is 5.94. The van der Waals surface area contributed by atoms with E-state index in [0.29, 0.717) is 0 Å². The highest BCUT2D eigenvalue weighted by Gasteiger charge is 2.22. The third-order valence-corrected chi connectivity index (χ3v) is 10.9. The third kappa shape index (κ3) is 3.96. The molecule has 0 radical (unpaired) electrons. The molecule has 50 heavy (non-hydrogen) atoms. The second-order valence-electron chi connectivity index (χ2n) is 13.7. The van der Waals surface area contributed by atoms with E-state index in [1.165, 1.54) is 76.3 Å². The molecule has 0 aliphatic heterocycles. The molecule has 2 aromatic heterocycles. The molecule has 0 fully saturated rings. The van der Waals surface area contributed by atoms with Gasteiger partial charge in [-0.25, -0.2) is 0 Å². The zero-order valence-corrected chi connectivity index (χ0v) is 27.5. The van der Waals surface area contributed by atoms with Crippen LogP contribution in [0.3, 0.4) is 0 Å². The van der Waals surface area contributed by atoms with Crippen LogP contribution in [0.25, 0.3) is 106 Å². The quantitative estimate of drug-likeness (QED) is 0.192. The second kappa shape index (κ2) is 10.7. The van der Waals surface area contributed by atoms with Gasteiger partial charge in [-0.05, 0) is 109 Å². The monoisotopic (exact) mass is 640 g/mol. The molecule has 11 rings (SSSR count). The number of fused-ring (bicyclic) bond motifs is 10. The van der Waals surface area contributed by atoms with Crippen molar-refractivity contribution in [3.8, 4) is 33.4 Å². The van der Waals surface area contributed by atoms with Crippen LogP contribution >= 0.6 is 0 Å². The van der Waals surface area contributed by atoms with Gasteiger partial charge in [-0.15, -0.1) is 0 Å². The van der Waals surface area contributed by atoms with Gasteiger partial charge in [-0.2, -0.15) is 0 Å². The summed E-state index contributed by atoms with van der Waals surface area (Å²) >= 11 is 0. The SMILES string of the molecule is C1=Cc2c(oc3ccc4oc5cc(-c6c7c(c(-c8cccc9c(-c%10ccccc%10)cccc89)c8ccccc68)=CCCC=7)ccc5c4c23)CC1. The molecule has 0 spiro atoms. The predicted molar refractivity (Wildman–Crippen MR) is 210 cm³/mol. The van der Waals surface area contributed by atoms with Crippen LogP contribution in [0.5, 0.6) is 0 Å². The fraction of sp³-hybridized carbons (Fsp3) is 0.0833. The lowest BCUT2D eigenvalue weighted by molar-refractivity contribution is 0.546.